The maximum atomic E-state index is 12.0. The summed E-state index contributed by atoms with van der Waals surface area (Å²) in [6, 6.07) is 0. The van der Waals surface area contributed by atoms with E-state index in [1.807, 2.05) is 0 Å². The normalized spacial score (nSPS) is 29.5. The quantitative estimate of drug-likeness (QED) is 0.642. The Morgan fingerprint density at radius 2 is 1.82 bits per heavy atom. The van der Waals surface area contributed by atoms with Gasteiger partial charge in [0, 0.05) is 18.8 Å². The summed E-state index contributed by atoms with van der Waals surface area (Å²) >= 11 is 0. The van der Waals surface area contributed by atoms with Crippen LogP contribution in [0.25, 0.3) is 0 Å². The van der Waals surface area contributed by atoms with Gasteiger partial charge in [-0.3, -0.25) is 4.79 Å². The van der Waals surface area contributed by atoms with Crippen molar-refractivity contribution in [1.82, 2.24) is 4.90 Å². The third-order valence-electron chi connectivity index (χ3n) is 3.97. The van der Waals surface area contributed by atoms with E-state index in [1.165, 1.54) is 25.7 Å². The SMILES string of the molecule is O=C1N=C(N2CCCCC2)N=C2CCCCC12. The number of carbonyl (C=O) groups is 1. The molecule has 4 heteroatoms. The number of amides is 1. The summed E-state index contributed by atoms with van der Waals surface area (Å²) in [7, 11) is 0. The molecule has 1 atom stereocenters. The average molecular weight is 233 g/mol. The molecule has 2 heterocycles. The monoisotopic (exact) mass is 233 g/mol. The van der Waals surface area contributed by atoms with E-state index in [-0.39, 0.29) is 11.8 Å². The van der Waals surface area contributed by atoms with E-state index in [4.69, 9.17) is 0 Å². The number of hydrogen-bond donors (Lipinski definition) is 0. The lowest BCUT2D eigenvalue weighted by Gasteiger charge is -2.31. The second-order valence-electron chi connectivity index (χ2n) is 5.20. The van der Waals surface area contributed by atoms with Crippen LogP contribution in [-0.4, -0.2) is 35.6 Å². The zero-order chi connectivity index (χ0) is 11.7. The summed E-state index contributed by atoms with van der Waals surface area (Å²) in [5.41, 5.74) is 1.09. The van der Waals surface area contributed by atoms with Crippen molar-refractivity contribution in [3.8, 4) is 0 Å². The lowest BCUT2D eigenvalue weighted by Crippen LogP contribution is -2.40. The van der Waals surface area contributed by atoms with Crippen LogP contribution in [-0.2, 0) is 4.79 Å². The minimum absolute atomic E-state index is 0.0114. The smallest absolute Gasteiger partial charge is 0.257 e. The Morgan fingerprint density at radius 3 is 2.65 bits per heavy atom. The molecule has 0 N–H and O–H groups in total. The standard InChI is InChI=1S/C13H19N3O/c17-12-10-6-2-3-7-11(10)14-13(15-12)16-8-4-1-5-9-16/h10H,1-9H2. The molecule has 1 amide bonds. The van der Waals surface area contributed by atoms with Crippen molar-refractivity contribution in [2.75, 3.05) is 13.1 Å². The maximum Gasteiger partial charge on any atom is 0.257 e. The number of likely N-dealkylation sites (tertiary alicyclic amines) is 1. The van der Waals surface area contributed by atoms with Crippen molar-refractivity contribution in [2.45, 2.75) is 44.9 Å². The van der Waals surface area contributed by atoms with E-state index < -0.39 is 0 Å². The van der Waals surface area contributed by atoms with Gasteiger partial charge in [0.15, 0.2) is 0 Å². The largest absolute Gasteiger partial charge is 0.341 e. The van der Waals surface area contributed by atoms with Gasteiger partial charge in [-0.15, -0.1) is 0 Å². The molecule has 0 aromatic rings. The summed E-state index contributed by atoms with van der Waals surface area (Å²) in [5.74, 6) is 0.760. The second-order valence-corrected chi connectivity index (χ2v) is 5.20. The summed E-state index contributed by atoms with van der Waals surface area (Å²) in [5, 5.41) is 0. The zero-order valence-electron chi connectivity index (χ0n) is 10.2. The summed E-state index contributed by atoms with van der Waals surface area (Å²) < 4.78 is 0. The highest BCUT2D eigenvalue weighted by molar-refractivity contribution is 6.15. The van der Waals surface area contributed by atoms with Gasteiger partial charge >= 0.3 is 0 Å². The molecule has 0 bridgehead atoms. The maximum absolute atomic E-state index is 12.0. The topological polar surface area (TPSA) is 45.0 Å². The van der Waals surface area contributed by atoms with Gasteiger partial charge in [-0.2, -0.15) is 4.99 Å². The zero-order valence-corrected chi connectivity index (χ0v) is 10.2. The Bertz CT molecular complexity index is 380. The van der Waals surface area contributed by atoms with E-state index in [9.17, 15) is 4.79 Å². The highest BCUT2D eigenvalue weighted by atomic mass is 16.1. The second kappa shape index (κ2) is 4.59. The highest BCUT2D eigenvalue weighted by Gasteiger charge is 2.32. The molecule has 2 fully saturated rings. The summed E-state index contributed by atoms with van der Waals surface area (Å²) in [6.07, 6.45) is 7.94. The van der Waals surface area contributed by atoms with Gasteiger partial charge in [-0.25, -0.2) is 4.99 Å². The molecule has 0 aromatic heterocycles. The van der Waals surface area contributed by atoms with Crippen LogP contribution in [0.3, 0.4) is 0 Å². The minimum Gasteiger partial charge on any atom is -0.341 e. The Hall–Kier alpha value is -1.19. The predicted octanol–water partition coefficient (Wildman–Crippen LogP) is 2.00. The van der Waals surface area contributed by atoms with Crippen LogP contribution < -0.4 is 0 Å². The van der Waals surface area contributed by atoms with E-state index in [0.29, 0.717) is 5.96 Å². The van der Waals surface area contributed by atoms with Gasteiger partial charge in [0.2, 0.25) is 5.96 Å². The lowest BCUT2D eigenvalue weighted by molar-refractivity contribution is -0.120. The fraction of sp³-hybridized carbons (Fsp3) is 0.769. The van der Waals surface area contributed by atoms with E-state index in [1.54, 1.807) is 0 Å². The number of nitrogens with zero attached hydrogens (tertiary/aromatic N) is 3. The Labute approximate surface area is 102 Å². The van der Waals surface area contributed by atoms with E-state index in [0.717, 1.165) is 38.1 Å². The predicted molar refractivity (Wildman–Crippen MR) is 67.3 cm³/mol. The van der Waals surface area contributed by atoms with E-state index >= 15 is 0 Å². The lowest BCUT2D eigenvalue weighted by atomic mass is 9.86. The molecule has 92 valence electrons. The van der Waals surface area contributed by atoms with Crippen LogP contribution in [0.5, 0.6) is 0 Å². The molecule has 1 unspecified atom stereocenters. The molecule has 1 aliphatic carbocycles. The molecule has 3 aliphatic rings. The Balaban J connectivity index is 1.81. The Kier molecular flexibility index (Phi) is 2.95. The number of carbonyl (C=O) groups excluding carboxylic acids is 1. The van der Waals surface area contributed by atoms with Crippen LogP contribution in [0.1, 0.15) is 44.9 Å². The van der Waals surface area contributed by atoms with Crippen molar-refractivity contribution in [3.63, 3.8) is 0 Å². The number of aliphatic imine (C=N–C) groups is 2. The third kappa shape index (κ3) is 2.13. The summed E-state index contributed by atoms with van der Waals surface area (Å²) in [4.78, 5) is 23.0. The number of hydrogen-bond acceptors (Lipinski definition) is 3. The first kappa shape index (κ1) is 10.9. The van der Waals surface area contributed by atoms with Crippen molar-refractivity contribution < 1.29 is 4.79 Å². The first-order valence-electron chi connectivity index (χ1n) is 6.79. The molecule has 1 saturated carbocycles. The number of guanidine groups is 1. The van der Waals surface area contributed by atoms with Crippen LogP contribution in [0, 0.1) is 5.92 Å². The molecule has 17 heavy (non-hydrogen) atoms. The molecular formula is C13H19N3O. The van der Waals surface area contributed by atoms with Crippen molar-refractivity contribution in [1.29, 1.82) is 0 Å². The molecule has 3 rings (SSSR count). The third-order valence-corrected chi connectivity index (χ3v) is 3.97. The van der Waals surface area contributed by atoms with Gasteiger partial charge in [0.05, 0.1) is 5.92 Å². The molecule has 2 aliphatic heterocycles. The minimum atomic E-state index is 0.0114. The van der Waals surface area contributed by atoms with E-state index in [2.05, 4.69) is 14.9 Å². The molecular weight excluding hydrogens is 214 g/mol. The average Bonchev–Trinajstić information content (AvgIpc) is 2.40. The van der Waals surface area contributed by atoms with Crippen molar-refractivity contribution in [2.24, 2.45) is 15.9 Å². The van der Waals surface area contributed by atoms with Gasteiger partial charge < -0.3 is 4.90 Å². The molecule has 1 saturated heterocycles. The van der Waals surface area contributed by atoms with Gasteiger partial charge in [0.1, 0.15) is 0 Å². The van der Waals surface area contributed by atoms with Gasteiger partial charge in [-0.05, 0) is 38.5 Å². The fourth-order valence-corrected chi connectivity index (χ4v) is 2.96. The number of piperidine rings is 1. The van der Waals surface area contributed by atoms with Crippen LogP contribution >= 0.6 is 0 Å². The highest BCUT2D eigenvalue weighted by Crippen LogP contribution is 2.26. The molecule has 0 spiro atoms. The van der Waals surface area contributed by atoms with Crippen LogP contribution in [0.2, 0.25) is 0 Å². The fourth-order valence-electron chi connectivity index (χ4n) is 2.96. The van der Waals surface area contributed by atoms with Gasteiger partial charge in [0.25, 0.3) is 5.91 Å². The first-order valence-corrected chi connectivity index (χ1v) is 6.79. The number of fused-ring (bicyclic) bond motifs is 1. The van der Waals surface area contributed by atoms with Gasteiger partial charge in [-0.1, -0.05) is 6.42 Å². The molecule has 0 radical (unpaired) electrons. The molecule has 0 aromatic carbocycles. The first-order chi connectivity index (χ1) is 8.34. The number of rotatable bonds is 0. The summed E-state index contributed by atoms with van der Waals surface area (Å²) in [6.45, 7) is 2.01. The van der Waals surface area contributed by atoms with Crippen LogP contribution in [0.4, 0.5) is 0 Å². The van der Waals surface area contributed by atoms with Crippen LogP contribution in [0.15, 0.2) is 9.98 Å². The molecule has 4 nitrogen and oxygen atoms in total. The van der Waals surface area contributed by atoms with Crippen molar-refractivity contribution >= 4 is 17.6 Å². The van der Waals surface area contributed by atoms with Crippen molar-refractivity contribution in [3.05, 3.63) is 0 Å². The Morgan fingerprint density at radius 1 is 1.00 bits per heavy atom.